The lowest BCUT2D eigenvalue weighted by atomic mass is 9.86. The van der Waals surface area contributed by atoms with Gasteiger partial charge in [-0.25, -0.2) is 0 Å². The topological polar surface area (TPSA) is 59.1 Å². The first-order chi connectivity index (χ1) is 8.52. The minimum absolute atomic E-state index is 0.181. The molecule has 1 aromatic rings. The number of amidine groups is 1. The van der Waals surface area contributed by atoms with Gasteiger partial charge in [-0.3, -0.25) is 5.41 Å². The molecule has 0 atom stereocenters. The summed E-state index contributed by atoms with van der Waals surface area (Å²) in [6.07, 6.45) is 3.00. The summed E-state index contributed by atoms with van der Waals surface area (Å²) in [6, 6.07) is 10.2. The molecule has 1 aromatic carbocycles. The van der Waals surface area contributed by atoms with Crippen LogP contribution in [0.1, 0.15) is 38.7 Å². The van der Waals surface area contributed by atoms with Crippen molar-refractivity contribution in [2.24, 2.45) is 11.1 Å². The summed E-state index contributed by atoms with van der Waals surface area (Å²) in [5, 5.41) is 7.47. The van der Waals surface area contributed by atoms with Gasteiger partial charge >= 0.3 is 0 Å². The lowest BCUT2D eigenvalue weighted by Gasteiger charge is -2.22. The van der Waals surface area contributed by atoms with Crippen molar-refractivity contribution >= 4 is 5.84 Å². The smallest absolute Gasteiger partial charge is 0.0963 e. The molecule has 3 N–H and O–H groups in total. The van der Waals surface area contributed by atoms with Crippen LogP contribution in [0, 0.1) is 10.8 Å². The van der Waals surface area contributed by atoms with Gasteiger partial charge in [-0.15, -0.1) is 0 Å². The van der Waals surface area contributed by atoms with Crippen LogP contribution in [0.25, 0.3) is 0 Å². The third-order valence-electron chi connectivity index (χ3n) is 3.18. The summed E-state index contributed by atoms with van der Waals surface area (Å²) in [5.74, 6) is 0.271. The molecule has 0 bridgehead atoms. The number of ether oxygens (including phenoxy) is 1. The van der Waals surface area contributed by atoms with Crippen LogP contribution in [0.15, 0.2) is 30.3 Å². The number of hydrogen-bond acceptors (Lipinski definition) is 2. The van der Waals surface area contributed by atoms with E-state index >= 15 is 0 Å². The average Bonchev–Trinajstić information content (AvgIpc) is 2.34. The van der Waals surface area contributed by atoms with Crippen LogP contribution in [0.2, 0.25) is 0 Å². The highest BCUT2D eigenvalue weighted by molar-refractivity contribution is 5.82. The molecule has 0 aliphatic carbocycles. The van der Waals surface area contributed by atoms with E-state index in [-0.39, 0.29) is 11.3 Å². The van der Waals surface area contributed by atoms with Crippen molar-refractivity contribution in [1.82, 2.24) is 0 Å². The van der Waals surface area contributed by atoms with E-state index in [0.29, 0.717) is 6.61 Å². The van der Waals surface area contributed by atoms with Gasteiger partial charge in [-0.1, -0.05) is 50.6 Å². The van der Waals surface area contributed by atoms with Crippen LogP contribution in [0.3, 0.4) is 0 Å². The van der Waals surface area contributed by atoms with Gasteiger partial charge in [0.25, 0.3) is 0 Å². The summed E-state index contributed by atoms with van der Waals surface area (Å²) >= 11 is 0. The molecular formula is C15H24N2O. The van der Waals surface area contributed by atoms with Crippen molar-refractivity contribution < 1.29 is 4.74 Å². The van der Waals surface area contributed by atoms with Crippen LogP contribution in [-0.4, -0.2) is 12.4 Å². The number of nitrogens with two attached hydrogens (primary N) is 1. The summed E-state index contributed by atoms with van der Waals surface area (Å²) in [6.45, 7) is 5.47. The van der Waals surface area contributed by atoms with E-state index in [1.165, 1.54) is 5.56 Å². The first-order valence-electron chi connectivity index (χ1n) is 6.48. The van der Waals surface area contributed by atoms with Crippen LogP contribution >= 0.6 is 0 Å². The Morgan fingerprint density at radius 1 is 1.22 bits per heavy atom. The van der Waals surface area contributed by atoms with E-state index < -0.39 is 0 Å². The van der Waals surface area contributed by atoms with Gasteiger partial charge in [-0.05, 0) is 18.4 Å². The molecule has 3 nitrogen and oxygen atoms in total. The lowest BCUT2D eigenvalue weighted by molar-refractivity contribution is 0.115. The molecule has 0 unspecified atom stereocenters. The number of unbranched alkanes of at least 4 members (excludes halogenated alkanes) is 1. The molecule has 3 heteroatoms. The molecular weight excluding hydrogens is 224 g/mol. The van der Waals surface area contributed by atoms with Crippen molar-refractivity contribution in [3.05, 3.63) is 35.9 Å². The Balaban J connectivity index is 2.08. The number of hydrogen-bond donors (Lipinski definition) is 2. The van der Waals surface area contributed by atoms with Gasteiger partial charge in [-0.2, -0.15) is 0 Å². The molecule has 0 aliphatic heterocycles. The Hall–Kier alpha value is -1.35. The predicted octanol–water partition coefficient (Wildman–Crippen LogP) is 3.34. The van der Waals surface area contributed by atoms with Crippen LogP contribution < -0.4 is 5.73 Å². The largest absolute Gasteiger partial charge is 0.387 e. The van der Waals surface area contributed by atoms with E-state index in [2.05, 4.69) is 12.1 Å². The molecule has 0 fully saturated rings. The van der Waals surface area contributed by atoms with Gasteiger partial charge < -0.3 is 10.5 Å². The maximum absolute atomic E-state index is 7.47. The van der Waals surface area contributed by atoms with E-state index in [4.69, 9.17) is 15.9 Å². The molecule has 0 amide bonds. The molecule has 1 rings (SSSR count). The Morgan fingerprint density at radius 2 is 1.89 bits per heavy atom. The zero-order valence-electron chi connectivity index (χ0n) is 11.4. The van der Waals surface area contributed by atoms with Crippen molar-refractivity contribution in [2.75, 3.05) is 6.61 Å². The zero-order chi connectivity index (χ0) is 13.4. The minimum Gasteiger partial charge on any atom is -0.387 e. The van der Waals surface area contributed by atoms with E-state index in [1.54, 1.807) is 0 Å². The lowest BCUT2D eigenvalue weighted by Crippen LogP contribution is -2.30. The standard InChI is InChI=1S/C15H24N2O/c1-15(2,14(16)17)10-6-7-11-18-12-13-8-4-3-5-9-13/h3-5,8-9H,6-7,10-12H2,1-2H3,(H3,16,17). The predicted molar refractivity (Wildman–Crippen MR) is 75.6 cm³/mol. The molecule has 0 aliphatic rings. The fourth-order valence-electron chi connectivity index (χ4n) is 1.67. The van der Waals surface area contributed by atoms with E-state index in [9.17, 15) is 0 Å². The Bertz CT molecular complexity index is 360. The molecule has 0 spiro atoms. The minimum atomic E-state index is -0.181. The summed E-state index contributed by atoms with van der Waals surface area (Å²) in [7, 11) is 0. The summed E-state index contributed by atoms with van der Waals surface area (Å²) in [4.78, 5) is 0. The maximum atomic E-state index is 7.47. The van der Waals surface area contributed by atoms with Crippen LogP contribution in [0.5, 0.6) is 0 Å². The Kier molecular flexibility index (Phi) is 5.86. The van der Waals surface area contributed by atoms with E-state index in [1.807, 2.05) is 32.0 Å². The zero-order valence-corrected chi connectivity index (χ0v) is 11.4. The first kappa shape index (κ1) is 14.7. The molecule has 0 saturated carbocycles. The van der Waals surface area contributed by atoms with Crippen molar-refractivity contribution in [2.45, 2.75) is 39.7 Å². The number of rotatable bonds is 8. The average molecular weight is 248 g/mol. The molecule has 18 heavy (non-hydrogen) atoms. The number of benzene rings is 1. The highest BCUT2D eigenvalue weighted by Crippen LogP contribution is 2.22. The van der Waals surface area contributed by atoms with Gasteiger partial charge in [0.05, 0.1) is 12.4 Å². The third kappa shape index (κ3) is 5.32. The summed E-state index contributed by atoms with van der Waals surface area (Å²) in [5.41, 5.74) is 6.57. The van der Waals surface area contributed by atoms with Gasteiger partial charge in [0.1, 0.15) is 0 Å². The molecule has 0 saturated heterocycles. The second-order valence-corrected chi connectivity index (χ2v) is 5.29. The quantitative estimate of drug-likeness (QED) is 0.421. The molecule has 0 aromatic heterocycles. The summed E-state index contributed by atoms with van der Waals surface area (Å²) < 4.78 is 5.61. The second kappa shape index (κ2) is 7.17. The SMILES string of the molecule is CC(C)(CCCCOCc1ccccc1)C(=N)N. The van der Waals surface area contributed by atoms with Gasteiger partial charge in [0.2, 0.25) is 0 Å². The maximum Gasteiger partial charge on any atom is 0.0963 e. The Morgan fingerprint density at radius 3 is 2.50 bits per heavy atom. The van der Waals surface area contributed by atoms with Crippen molar-refractivity contribution in [3.63, 3.8) is 0 Å². The molecule has 0 radical (unpaired) electrons. The van der Waals surface area contributed by atoms with Crippen molar-refractivity contribution in [1.29, 1.82) is 5.41 Å². The van der Waals surface area contributed by atoms with Gasteiger partial charge in [0.15, 0.2) is 0 Å². The van der Waals surface area contributed by atoms with E-state index in [0.717, 1.165) is 25.9 Å². The van der Waals surface area contributed by atoms with Gasteiger partial charge in [0, 0.05) is 12.0 Å². The molecule has 0 heterocycles. The third-order valence-corrected chi connectivity index (χ3v) is 3.18. The monoisotopic (exact) mass is 248 g/mol. The normalized spacial score (nSPS) is 11.4. The van der Waals surface area contributed by atoms with Crippen LogP contribution in [0.4, 0.5) is 0 Å². The fourth-order valence-corrected chi connectivity index (χ4v) is 1.67. The highest BCUT2D eigenvalue weighted by atomic mass is 16.5. The van der Waals surface area contributed by atoms with Crippen molar-refractivity contribution in [3.8, 4) is 0 Å². The Labute approximate surface area is 110 Å². The highest BCUT2D eigenvalue weighted by Gasteiger charge is 2.20. The second-order valence-electron chi connectivity index (χ2n) is 5.29. The first-order valence-corrected chi connectivity index (χ1v) is 6.48. The fraction of sp³-hybridized carbons (Fsp3) is 0.533. The number of nitrogens with one attached hydrogen (secondary N) is 1. The molecule has 100 valence electrons. The van der Waals surface area contributed by atoms with Crippen LogP contribution in [-0.2, 0) is 11.3 Å².